The molecule has 19 heavy (non-hydrogen) atoms. The topological polar surface area (TPSA) is 6.48 Å². The minimum absolute atomic E-state index is 0. The van der Waals surface area contributed by atoms with E-state index in [0.29, 0.717) is 5.41 Å². The quantitative estimate of drug-likeness (QED) is 0.717. The Labute approximate surface area is 120 Å². The molecule has 0 saturated carbocycles. The van der Waals surface area contributed by atoms with Crippen molar-refractivity contribution in [3.8, 4) is 0 Å². The molecule has 3 aliphatic rings. The molecular formula is C17H34N2. The molecule has 2 nitrogen and oxygen atoms in total. The molecule has 0 radical (unpaired) electrons. The Morgan fingerprint density at radius 2 is 1.84 bits per heavy atom. The van der Waals surface area contributed by atoms with Crippen molar-refractivity contribution in [3.63, 3.8) is 0 Å². The molecule has 2 bridgehead atoms. The summed E-state index contributed by atoms with van der Waals surface area (Å²) in [6.07, 6.45) is 5.91. The molecule has 0 spiro atoms. The predicted octanol–water partition coefficient (Wildman–Crippen LogP) is 3.47. The number of nitrogens with zero attached hydrogens (tertiary/aromatic N) is 2. The molecule has 2 heteroatoms. The van der Waals surface area contributed by atoms with Crippen LogP contribution in [0.15, 0.2) is 0 Å². The summed E-state index contributed by atoms with van der Waals surface area (Å²) in [5.41, 5.74) is 0.456. The van der Waals surface area contributed by atoms with E-state index in [4.69, 9.17) is 0 Å². The maximum absolute atomic E-state index is 2.83. The molecular weight excluding hydrogens is 232 g/mol. The molecule has 0 N–H and O–H groups in total. The second-order valence-corrected chi connectivity index (χ2v) is 8.17. The molecule has 3 aliphatic heterocycles. The summed E-state index contributed by atoms with van der Waals surface area (Å²) in [6.45, 7) is 13.9. The molecule has 112 valence electrons. The monoisotopic (exact) mass is 266 g/mol. The van der Waals surface area contributed by atoms with Crippen LogP contribution >= 0.6 is 0 Å². The number of piperidine rings is 3. The lowest BCUT2D eigenvalue weighted by molar-refractivity contribution is -0.0373. The summed E-state index contributed by atoms with van der Waals surface area (Å²) >= 11 is 0. The first-order valence-corrected chi connectivity index (χ1v) is 7.98. The van der Waals surface area contributed by atoms with Crippen molar-refractivity contribution in [2.75, 3.05) is 32.7 Å². The van der Waals surface area contributed by atoms with Crippen LogP contribution in [0.3, 0.4) is 0 Å². The van der Waals surface area contributed by atoms with Crippen LogP contribution in [-0.4, -0.2) is 48.6 Å². The third-order valence-corrected chi connectivity index (χ3v) is 5.04. The van der Waals surface area contributed by atoms with Crippen LogP contribution in [0.2, 0.25) is 0 Å². The first-order valence-electron chi connectivity index (χ1n) is 7.98. The van der Waals surface area contributed by atoms with Crippen LogP contribution in [0.4, 0.5) is 0 Å². The van der Waals surface area contributed by atoms with Crippen molar-refractivity contribution in [3.05, 3.63) is 0 Å². The summed E-state index contributed by atoms with van der Waals surface area (Å²) in [7, 11) is 0. The van der Waals surface area contributed by atoms with Crippen molar-refractivity contribution in [1.82, 2.24) is 9.80 Å². The van der Waals surface area contributed by atoms with E-state index < -0.39 is 0 Å². The lowest BCUT2D eigenvalue weighted by atomic mass is 9.75. The van der Waals surface area contributed by atoms with Gasteiger partial charge in [0.05, 0.1) is 0 Å². The van der Waals surface area contributed by atoms with E-state index in [2.05, 4.69) is 30.6 Å². The average molecular weight is 266 g/mol. The zero-order chi connectivity index (χ0) is 12.8. The summed E-state index contributed by atoms with van der Waals surface area (Å²) in [5, 5.41) is 0. The number of fused-ring (bicyclic) bond motifs is 4. The standard InChI is InChI=1S/C16H30N2.CH4/c1-16(2,3)12-17-9-13-8-14(11-17)15-6-4-5-7-18(15)10-13;/h13-15H,4-12H2,1-3H3;1H4/t13-,14+,15-;/m0./s1. The summed E-state index contributed by atoms with van der Waals surface area (Å²) in [4.78, 5) is 5.60. The zero-order valence-electron chi connectivity index (χ0n) is 12.5. The van der Waals surface area contributed by atoms with Crippen molar-refractivity contribution < 1.29 is 0 Å². The van der Waals surface area contributed by atoms with Crippen LogP contribution in [0.5, 0.6) is 0 Å². The highest BCUT2D eigenvalue weighted by atomic mass is 15.2. The smallest absolute Gasteiger partial charge is 0.0136 e. The van der Waals surface area contributed by atoms with E-state index in [-0.39, 0.29) is 7.43 Å². The van der Waals surface area contributed by atoms with Crippen LogP contribution in [0.1, 0.15) is 53.9 Å². The number of hydrogen-bond acceptors (Lipinski definition) is 2. The van der Waals surface area contributed by atoms with E-state index >= 15 is 0 Å². The SMILES string of the molecule is C.CC(C)(C)CN1C[C@@H]2C[C@H](C1)[C@@H]1CCCCN1C2. The van der Waals surface area contributed by atoms with Crippen LogP contribution < -0.4 is 0 Å². The van der Waals surface area contributed by atoms with Gasteiger partial charge in [0, 0.05) is 32.2 Å². The molecule has 0 unspecified atom stereocenters. The third-order valence-electron chi connectivity index (χ3n) is 5.04. The summed E-state index contributed by atoms with van der Waals surface area (Å²) in [5.74, 6) is 1.93. The molecule has 0 amide bonds. The largest absolute Gasteiger partial charge is 0.302 e. The Morgan fingerprint density at radius 1 is 1.05 bits per heavy atom. The third kappa shape index (κ3) is 3.52. The zero-order valence-corrected chi connectivity index (χ0v) is 12.5. The van der Waals surface area contributed by atoms with E-state index in [0.717, 1.165) is 17.9 Å². The first kappa shape index (κ1) is 15.3. The van der Waals surface area contributed by atoms with Gasteiger partial charge in [-0.1, -0.05) is 34.6 Å². The van der Waals surface area contributed by atoms with Gasteiger partial charge in [-0.25, -0.2) is 0 Å². The van der Waals surface area contributed by atoms with Gasteiger partial charge in [-0.15, -0.1) is 0 Å². The Morgan fingerprint density at radius 3 is 2.58 bits per heavy atom. The first-order chi connectivity index (χ1) is 8.51. The normalized spacial score (nSPS) is 36.5. The van der Waals surface area contributed by atoms with Crippen molar-refractivity contribution >= 4 is 0 Å². The van der Waals surface area contributed by atoms with Crippen LogP contribution in [0, 0.1) is 17.3 Å². The Hall–Kier alpha value is -0.0800. The number of rotatable bonds is 1. The van der Waals surface area contributed by atoms with E-state index in [1.54, 1.807) is 0 Å². The van der Waals surface area contributed by atoms with E-state index in [1.165, 1.54) is 58.4 Å². The Kier molecular flexibility index (Phi) is 4.62. The van der Waals surface area contributed by atoms with Gasteiger partial charge in [-0.05, 0) is 43.1 Å². The van der Waals surface area contributed by atoms with E-state index in [1.807, 2.05) is 0 Å². The van der Waals surface area contributed by atoms with Gasteiger partial charge in [0.15, 0.2) is 0 Å². The molecule has 3 saturated heterocycles. The Balaban J connectivity index is 0.00000133. The number of likely N-dealkylation sites (tertiary alicyclic amines) is 1. The fourth-order valence-electron chi connectivity index (χ4n) is 4.67. The Bertz CT molecular complexity index is 294. The van der Waals surface area contributed by atoms with Gasteiger partial charge in [-0.3, -0.25) is 4.90 Å². The fraction of sp³-hybridized carbons (Fsp3) is 1.00. The number of hydrogen-bond donors (Lipinski definition) is 0. The van der Waals surface area contributed by atoms with Crippen molar-refractivity contribution in [1.29, 1.82) is 0 Å². The minimum Gasteiger partial charge on any atom is -0.302 e. The van der Waals surface area contributed by atoms with Crippen LogP contribution in [0.25, 0.3) is 0 Å². The molecule has 3 atom stereocenters. The highest BCUT2D eigenvalue weighted by molar-refractivity contribution is 4.96. The van der Waals surface area contributed by atoms with Gasteiger partial charge in [0.25, 0.3) is 0 Å². The molecule has 0 aromatic rings. The maximum Gasteiger partial charge on any atom is 0.0136 e. The van der Waals surface area contributed by atoms with Gasteiger partial charge in [-0.2, -0.15) is 0 Å². The predicted molar refractivity (Wildman–Crippen MR) is 83.4 cm³/mol. The minimum atomic E-state index is 0. The van der Waals surface area contributed by atoms with Gasteiger partial charge in [0.1, 0.15) is 0 Å². The van der Waals surface area contributed by atoms with Gasteiger partial charge < -0.3 is 4.90 Å². The van der Waals surface area contributed by atoms with Gasteiger partial charge >= 0.3 is 0 Å². The van der Waals surface area contributed by atoms with Crippen LogP contribution in [-0.2, 0) is 0 Å². The molecule has 0 aromatic heterocycles. The highest BCUT2D eigenvalue weighted by Gasteiger charge is 2.41. The molecule has 3 rings (SSSR count). The average Bonchev–Trinajstić information content (AvgIpc) is 2.26. The summed E-state index contributed by atoms with van der Waals surface area (Å²) in [6, 6.07) is 0.928. The molecule has 0 aliphatic carbocycles. The fourth-order valence-corrected chi connectivity index (χ4v) is 4.67. The van der Waals surface area contributed by atoms with Gasteiger partial charge in [0.2, 0.25) is 0 Å². The molecule has 3 heterocycles. The lowest BCUT2D eigenvalue weighted by Crippen LogP contribution is -2.59. The highest BCUT2D eigenvalue weighted by Crippen LogP contribution is 2.38. The van der Waals surface area contributed by atoms with Crippen molar-refractivity contribution in [2.45, 2.75) is 59.9 Å². The molecule has 3 fully saturated rings. The molecule has 0 aromatic carbocycles. The van der Waals surface area contributed by atoms with E-state index in [9.17, 15) is 0 Å². The second kappa shape index (κ2) is 5.73. The van der Waals surface area contributed by atoms with Crippen molar-refractivity contribution in [2.24, 2.45) is 17.3 Å². The summed E-state index contributed by atoms with van der Waals surface area (Å²) < 4.78 is 0. The second-order valence-electron chi connectivity index (χ2n) is 8.17. The lowest BCUT2D eigenvalue weighted by Gasteiger charge is -2.53. The maximum atomic E-state index is 2.83.